The van der Waals surface area contributed by atoms with E-state index in [4.69, 9.17) is 0 Å². The number of methoxy groups -OCH3 is 1. The van der Waals surface area contributed by atoms with Crippen LogP contribution in [0.25, 0.3) is 0 Å². The molecule has 1 unspecified atom stereocenters. The van der Waals surface area contributed by atoms with Gasteiger partial charge >= 0.3 is 5.97 Å². The number of ether oxygens (including phenoxy) is 1. The first kappa shape index (κ1) is 13.6. The number of nitrogens with one attached hydrogen (secondary N) is 2. The van der Waals surface area contributed by atoms with Crippen molar-refractivity contribution >= 4 is 17.7 Å². The van der Waals surface area contributed by atoms with Crippen LogP contribution >= 0.6 is 0 Å². The van der Waals surface area contributed by atoms with Crippen LogP contribution in [0, 0.1) is 0 Å². The molecule has 6 heteroatoms. The summed E-state index contributed by atoms with van der Waals surface area (Å²) in [6, 6.07) is -0.670. The minimum Gasteiger partial charge on any atom is -0.469 e. The number of hydrogen-bond acceptors (Lipinski definition) is 5. The molecule has 0 saturated carbocycles. The molecule has 0 aliphatic rings. The van der Waals surface area contributed by atoms with Crippen molar-refractivity contribution in [3.63, 3.8) is 0 Å². The summed E-state index contributed by atoms with van der Waals surface area (Å²) in [6.45, 7) is 1.34. The van der Waals surface area contributed by atoms with E-state index in [0.717, 1.165) is 0 Å². The zero-order valence-electron chi connectivity index (χ0n) is 9.12. The third-order valence-corrected chi connectivity index (χ3v) is 1.77. The Morgan fingerprint density at radius 3 is 2.33 bits per heavy atom. The summed E-state index contributed by atoms with van der Waals surface area (Å²) >= 11 is 0. The number of ketones is 1. The van der Waals surface area contributed by atoms with E-state index in [2.05, 4.69) is 15.4 Å². The zero-order chi connectivity index (χ0) is 11.8. The van der Waals surface area contributed by atoms with Crippen LogP contribution in [0.4, 0.5) is 0 Å². The third-order valence-electron chi connectivity index (χ3n) is 1.77. The molecule has 0 aliphatic carbocycles. The summed E-state index contributed by atoms with van der Waals surface area (Å²) in [5.41, 5.74) is 0. The first-order valence-corrected chi connectivity index (χ1v) is 4.52. The maximum Gasteiger partial charge on any atom is 0.307 e. The molecule has 0 rings (SSSR count). The minimum atomic E-state index is -0.670. The normalized spacial score (nSPS) is 11.7. The molecule has 15 heavy (non-hydrogen) atoms. The number of amides is 1. The van der Waals surface area contributed by atoms with Gasteiger partial charge in [-0.1, -0.05) is 0 Å². The van der Waals surface area contributed by atoms with E-state index in [1.54, 1.807) is 7.05 Å². The Hall–Kier alpha value is -1.43. The van der Waals surface area contributed by atoms with Gasteiger partial charge in [0.1, 0.15) is 5.78 Å². The lowest BCUT2D eigenvalue weighted by atomic mass is 10.2. The molecule has 0 heterocycles. The van der Waals surface area contributed by atoms with Crippen LogP contribution in [0.3, 0.4) is 0 Å². The topological polar surface area (TPSA) is 84.5 Å². The summed E-state index contributed by atoms with van der Waals surface area (Å²) in [4.78, 5) is 32.9. The van der Waals surface area contributed by atoms with Crippen LogP contribution in [-0.4, -0.2) is 44.4 Å². The van der Waals surface area contributed by atoms with Gasteiger partial charge in [-0.25, -0.2) is 0 Å². The van der Waals surface area contributed by atoms with Gasteiger partial charge in [0, 0.05) is 0 Å². The minimum absolute atomic E-state index is 0.0296. The Kier molecular flexibility index (Phi) is 6.28. The number of carbonyl (C=O) groups is 3. The average molecular weight is 216 g/mol. The van der Waals surface area contributed by atoms with Crippen LogP contribution in [0.15, 0.2) is 0 Å². The Bertz CT molecular complexity index is 252. The lowest BCUT2D eigenvalue weighted by Crippen LogP contribution is -2.45. The van der Waals surface area contributed by atoms with Crippen LogP contribution < -0.4 is 10.6 Å². The highest BCUT2D eigenvalue weighted by Crippen LogP contribution is 1.93. The van der Waals surface area contributed by atoms with Crippen LogP contribution in [0.1, 0.15) is 13.3 Å². The fourth-order valence-electron chi connectivity index (χ4n) is 0.911. The summed E-state index contributed by atoms with van der Waals surface area (Å²) in [7, 11) is 2.81. The molecule has 0 aromatic rings. The maximum absolute atomic E-state index is 11.4. The van der Waals surface area contributed by atoms with E-state index < -0.39 is 17.9 Å². The Labute approximate surface area is 88.4 Å². The smallest absolute Gasteiger partial charge is 0.307 e. The number of esters is 1. The van der Waals surface area contributed by atoms with Gasteiger partial charge in [-0.2, -0.15) is 0 Å². The van der Waals surface area contributed by atoms with Crippen LogP contribution in [0.2, 0.25) is 0 Å². The molecule has 2 N–H and O–H groups in total. The van der Waals surface area contributed by atoms with Crippen LogP contribution in [0.5, 0.6) is 0 Å². The van der Waals surface area contributed by atoms with E-state index in [1.165, 1.54) is 14.0 Å². The fraction of sp³-hybridized carbons (Fsp3) is 0.667. The molecule has 0 fully saturated rings. The number of likely N-dealkylation sites (N-methyl/N-ethyl adjacent to an activating group) is 1. The van der Waals surface area contributed by atoms with Gasteiger partial charge in [0.25, 0.3) is 0 Å². The molecule has 0 aromatic carbocycles. The lowest BCUT2D eigenvalue weighted by molar-refractivity contribution is -0.143. The summed E-state index contributed by atoms with van der Waals surface area (Å²) in [5.74, 6) is -1.01. The van der Waals surface area contributed by atoms with Crippen molar-refractivity contribution in [2.45, 2.75) is 19.4 Å². The van der Waals surface area contributed by atoms with Gasteiger partial charge in [0.05, 0.1) is 26.1 Å². The van der Waals surface area contributed by atoms with E-state index >= 15 is 0 Å². The molecular weight excluding hydrogens is 200 g/mol. The molecule has 0 aliphatic heterocycles. The van der Waals surface area contributed by atoms with E-state index in [9.17, 15) is 14.4 Å². The highest BCUT2D eigenvalue weighted by molar-refractivity contribution is 5.89. The van der Waals surface area contributed by atoms with Crippen molar-refractivity contribution < 1.29 is 19.1 Å². The zero-order valence-corrected chi connectivity index (χ0v) is 9.12. The third kappa shape index (κ3) is 5.79. The maximum atomic E-state index is 11.4. The largest absolute Gasteiger partial charge is 0.469 e. The fourth-order valence-corrected chi connectivity index (χ4v) is 0.911. The molecule has 86 valence electrons. The van der Waals surface area contributed by atoms with Gasteiger partial charge in [0.2, 0.25) is 5.91 Å². The predicted octanol–water partition coefficient (Wildman–Crippen LogP) is -1.16. The molecule has 1 atom stereocenters. The summed E-state index contributed by atoms with van der Waals surface area (Å²) < 4.78 is 4.43. The van der Waals surface area contributed by atoms with Crippen molar-refractivity contribution in [1.82, 2.24) is 10.6 Å². The molecule has 0 saturated heterocycles. The van der Waals surface area contributed by atoms with Crippen molar-refractivity contribution in [3.8, 4) is 0 Å². The highest BCUT2D eigenvalue weighted by Gasteiger charge is 2.20. The number of rotatable bonds is 6. The monoisotopic (exact) mass is 216 g/mol. The molecule has 0 aromatic heterocycles. The van der Waals surface area contributed by atoms with E-state index in [-0.39, 0.29) is 18.7 Å². The number of Topliss-reactive ketones (excluding diaryl/α,β-unsaturated/α-hetero) is 1. The van der Waals surface area contributed by atoms with Gasteiger partial charge < -0.3 is 15.4 Å². The Balaban J connectivity index is 4.10. The summed E-state index contributed by atoms with van der Waals surface area (Å²) in [6.07, 6.45) is -0.0588. The standard InChI is InChI=1S/C9H16N2O4/c1-6(12)5-11-9(14)7(10-2)4-8(13)15-3/h7,10H,4-5H2,1-3H3,(H,11,14). The first-order valence-electron chi connectivity index (χ1n) is 4.52. The van der Waals surface area contributed by atoms with Crippen molar-refractivity contribution in [1.29, 1.82) is 0 Å². The average Bonchev–Trinajstić information content (AvgIpc) is 2.21. The Morgan fingerprint density at radius 2 is 1.93 bits per heavy atom. The second-order valence-electron chi connectivity index (χ2n) is 3.04. The lowest BCUT2D eigenvalue weighted by Gasteiger charge is -2.13. The Morgan fingerprint density at radius 1 is 1.33 bits per heavy atom. The second-order valence-corrected chi connectivity index (χ2v) is 3.04. The van der Waals surface area contributed by atoms with Gasteiger partial charge in [-0.05, 0) is 14.0 Å². The number of hydrogen-bond donors (Lipinski definition) is 2. The number of carbonyl (C=O) groups excluding carboxylic acids is 3. The predicted molar refractivity (Wildman–Crippen MR) is 53.2 cm³/mol. The van der Waals surface area contributed by atoms with E-state index in [0.29, 0.717) is 0 Å². The van der Waals surface area contributed by atoms with Gasteiger partial charge in [-0.15, -0.1) is 0 Å². The molecule has 1 amide bonds. The molecule has 0 radical (unpaired) electrons. The highest BCUT2D eigenvalue weighted by atomic mass is 16.5. The quantitative estimate of drug-likeness (QED) is 0.547. The second kappa shape index (κ2) is 6.94. The first-order chi connectivity index (χ1) is 7.01. The van der Waals surface area contributed by atoms with Crippen molar-refractivity contribution in [3.05, 3.63) is 0 Å². The van der Waals surface area contributed by atoms with Crippen molar-refractivity contribution in [2.24, 2.45) is 0 Å². The van der Waals surface area contributed by atoms with Gasteiger partial charge in [0.15, 0.2) is 0 Å². The van der Waals surface area contributed by atoms with Crippen molar-refractivity contribution in [2.75, 3.05) is 20.7 Å². The molecular formula is C9H16N2O4. The van der Waals surface area contributed by atoms with E-state index in [1.807, 2.05) is 0 Å². The molecule has 0 spiro atoms. The summed E-state index contributed by atoms with van der Waals surface area (Å²) in [5, 5.41) is 5.07. The van der Waals surface area contributed by atoms with Gasteiger partial charge in [-0.3, -0.25) is 14.4 Å². The molecule has 6 nitrogen and oxygen atoms in total. The molecule has 0 bridgehead atoms. The van der Waals surface area contributed by atoms with Crippen LogP contribution in [-0.2, 0) is 19.1 Å². The SMILES string of the molecule is CNC(CC(=O)OC)C(=O)NCC(C)=O.